The number of carbonyl (C=O) groups excluding carboxylic acids is 2. The molecule has 5 saturated heterocycles. The van der Waals surface area contributed by atoms with Crippen molar-refractivity contribution in [1.29, 1.82) is 0 Å². The minimum Gasteiger partial charge on any atom is -0.441 e. The van der Waals surface area contributed by atoms with Crippen LogP contribution in [-0.2, 0) is 42.7 Å². The second-order valence-corrected chi connectivity index (χ2v) is 9.85. The molecule has 180 valence electrons. The third-order valence-corrected chi connectivity index (χ3v) is 6.44. The first kappa shape index (κ1) is 22.5. The molecule has 11 nitrogen and oxygen atoms in total. The van der Waals surface area contributed by atoms with E-state index in [1.165, 1.54) is 6.92 Å². The second-order valence-electron chi connectivity index (χ2n) is 9.85. The molecule has 0 aromatic rings. The van der Waals surface area contributed by atoms with E-state index in [-0.39, 0.29) is 18.6 Å². The molecule has 5 fully saturated rings. The Balaban J connectivity index is 1.27. The zero-order valence-corrected chi connectivity index (χ0v) is 19.1. The first-order chi connectivity index (χ1) is 14.9. The van der Waals surface area contributed by atoms with E-state index in [2.05, 4.69) is 0 Å². The normalized spacial score (nSPS) is 46.4. The summed E-state index contributed by atoms with van der Waals surface area (Å²) in [4.78, 5) is 25.2. The number of fused-ring (bicyclic) bond motifs is 4. The fraction of sp³-hybridized carbons (Fsp3) is 0.905. The van der Waals surface area contributed by atoms with Crippen LogP contribution in [0.15, 0.2) is 0 Å². The first-order valence-corrected chi connectivity index (χ1v) is 11.1. The summed E-state index contributed by atoms with van der Waals surface area (Å²) in [5.41, 5.74) is 0. The molecule has 5 heterocycles. The number of hydrogen-bond donors (Lipinski definition) is 0. The van der Waals surface area contributed by atoms with Gasteiger partial charge < -0.3 is 37.9 Å². The number of amides is 2. The van der Waals surface area contributed by atoms with Crippen molar-refractivity contribution in [1.82, 2.24) is 4.90 Å². The van der Waals surface area contributed by atoms with Gasteiger partial charge in [0.15, 0.2) is 30.3 Å². The van der Waals surface area contributed by atoms with Crippen LogP contribution < -0.4 is 0 Å². The average Bonchev–Trinajstić information content (AvgIpc) is 3.28. The van der Waals surface area contributed by atoms with E-state index < -0.39 is 66.8 Å². The summed E-state index contributed by atoms with van der Waals surface area (Å²) in [6, 6.07) is -0.435. The van der Waals surface area contributed by atoms with Crippen molar-refractivity contribution in [2.45, 2.75) is 115 Å². The van der Waals surface area contributed by atoms with Crippen molar-refractivity contribution >= 4 is 12.0 Å². The molecular weight excluding hydrogens is 426 g/mol. The third-order valence-electron chi connectivity index (χ3n) is 6.44. The Kier molecular flexibility index (Phi) is 5.32. The molecule has 0 aliphatic carbocycles. The van der Waals surface area contributed by atoms with Gasteiger partial charge in [-0.15, -0.1) is 0 Å². The molecular formula is C21H31NO10. The van der Waals surface area contributed by atoms with Gasteiger partial charge in [-0.3, -0.25) is 4.79 Å². The van der Waals surface area contributed by atoms with Gasteiger partial charge in [-0.1, -0.05) is 0 Å². The molecule has 5 aliphatic heterocycles. The highest BCUT2D eigenvalue weighted by molar-refractivity contribution is 5.92. The van der Waals surface area contributed by atoms with Crippen LogP contribution in [0, 0.1) is 0 Å². The van der Waals surface area contributed by atoms with Crippen LogP contribution in [0.2, 0.25) is 0 Å². The maximum absolute atomic E-state index is 12.1. The maximum Gasteiger partial charge on any atom is 0.417 e. The molecule has 0 aromatic heterocycles. The summed E-state index contributed by atoms with van der Waals surface area (Å²) in [6.45, 7) is 10.6. The van der Waals surface area contributed by atoms with Gasteiger partial charge in [-0.05, 0) is 34.6 Å². The summed E-state index contributed by atoms with van der Waals surface area (Å²) in [5.74, 6) is -1.96. The molecule has 9 atom stereocenters. The van der Waals surface area contributed by atoms with Crippen molar-refractivity contribution in [2.75, 3.05) is 6.61 Å². The van der Waals surface area contributed by atoms with Gasteiger partial charge in [0.05, 0.1) is 18.8 Å². The Bertz CT molecular complexity index is 787. The summed E-state index contributed by atoms with van der Waals surface area (Å²) >= 11 is 0. The molecule has 11 heteroatoms. The fourth-order valence-corrected chi connectivity index (χ4v) is 5.25. The van der Waals surface area contributed by atoms with E-state index in [1.54, 1.807) is 6.92 Å². The molecule has 0 N–H and O–H groups in total. The SMILES string of the molecule is CC(=O)N1C(=O)O[C@H]2[C@H](C)O[C@H](OC[C@H]3O[C@@H]4OC(C)(C)O[C@@H]4[C@H]4OC(C)(C)O[C@H]43)C[C@H]21. The lowest BCUT2D eigenvalue weighted by Gasteiger charge is -2.39. The van der Waals surface area contributed by atoms with Crippen LogP contribution in [0.3, 0.4) is 0 Å². The molecule has 5 aliphatic rings. The molecule has 0 bridgehead atoms. The summed E-state index contributed by atoms with van der Waals surface area (Å²) in [6.07, 6.45) is -4.21. The van der Waals surface area contributed by atoms with Crippen LogP contribution in [0.1, 0.15) is 48.0 Å². The second kappa shape index (κ2) is 7.59. The van der Waals surface area contributed by atoms with E-state index in [0.717, 1.165) is 4.90 Å². The number of ether oxygens (including phenoxy) is 8. The van der Waals surface area contributed by atoms with Crippen LogP contribution >= 0.6 is 0 Å². The van der Waals surface area contributed by atoms with E-state index in [4.69, 9.17) is 37.9 Å². The molecule has 5 rings (SSSR count). The summed E-state index contributed by atoms with van der Waals surface area (Å²) in [5, 5.41) is 0. The minimum absolute atomic E-state index is 0.150. The van der Waals surface area contributed by atoms with Crippen LogP contribution in [0.4, 0.5) is 4.79 Å². The molecule has 0 saturated carbocycles. The zero-order chi connectivity index (χ0) is 23.0. The molecule has 0 aromatic carbocycles. The van der Waals surface area contributed by atoms with Gasteiger partial charge >= 0.3 is 6.09 Å². The van der Waals surface area contributed by atoms with Crippen LogP contribution in [0.5, 0.6) is 0 Å². The highest BCUT2D eigenvalue weighted by atomic mass is 16.9. The first-order valence-electron chi connectivity index (χ1n) is 11.1. The Morgan fingerprint density at radius 3 is 2.38 bits per heavy atom. The van der Waals surface area contributed by atoms with Gasteiger partial charge in [0.1, 0.15) is 24.4 Å². The van der Waals surface area contributed by atoms with E-state index in [0.29, 0.717) is 6.42 Å². The number of hydrogen-bond acceptors (Lipinski definition) is 10. The molecule has 0 spiro atoms. The monoisotopic (exact) mass is 457 g/mol. The van der Waals surface area contributed by atoms with Crippen molar-refractivity contribution in [3.63, 3.8) is 0 Å². The summed E-state index contributed by atoms with van der Waals surface area (Å²) < 4.78 is 47.6. The van der Waals surface area contributed by atoms with Crippen molar-refractivity contribution < 1.29 is 47.5 Å². The lowest BCUT2D eigenvalue weighted by Crippen LogP contribution is -2.57. The van der Waals surface area contributed by atoms with E-state index >= 15 is 0 Å². The Hall–Kier alpha value is -1.34. The maximum atomic E-state index is 12.1. The lowest BCUT2D eigenvalue weighted by atomic mass is 9.98. The van der Waals surface area contributed by atoms with Crippen LogP contribution in [-0.4, -0.2) is 90.3 Å². The van der Waals surface area contributed by atoms with Crippen LogP contribution in [0.25, 0.3) is 0 Å². The predicted molar refractivity (Wildman–Crippen MR) is 104 cm³/mol. The predicted octanol–water partition coefficient (Wildman–Crippen LogP) is 1.27. The Morgan fingerprint density at radius 2 is 1.66 bits per heavy atom. The largest absolute Gasteiger partial charge is 0.441 e. The number of carbonyl (C=O) groups is 2. The third kappa shape index (κ3) is 3.83. The minimum atomic E-state index is -0.798. The van der Waals surface area contributed by atoms with Crippen molar-refractivity contribution in [3.8, 4) is 0 Å². The topological polar surface area (TPSA) is 111 Å². The highest BCUT2D eigenvalue weighted by Crippen LogP contribution is 2.44. The Labute approximate surface area is 186 Å². The van der Waals surface area contributed by atoms with E-state index in [9.17, 15) is 9.59 Å². The van der Waals surface area contributed by atoms with Gasteiger partial charge in [0.25, 0.3) is 0 Å². The zero-order valence-electron chi connectivity index (χ0n) is 19.1. The number of nitrogens with zero attached hydrogens (tertiary/aromatic N) is 1. The smallest absolute Gasteiger partial charge is 0.417 e. The molecule has 32 heavy (non-hydrogen) atoms. The lowest BCUT2D eigenvalue weighted by molar-refractivity contribution is -0.270. The highest BCUT2D eigenvalue weighted by Gasteiger charge is 2.61. The fourth-order valence-electron chi connectivity index (χ4n) is 5.25. The van der Waals surface area contributed by atoms with Gasteiger partial charge in [-0.25, -0.2) is 9.69 Å². The Morgan fingerprint density at radius 1 is 1.00 bits per heavy atom. The number of rotatable bonds is 3. The van der Waals surface area contributed by atoms with E-state index in [1.807, 2.05) is 27.7 Å². The van der Waals surface area contributed by atoms with Crippen molar-refractivity contribution in [3.05, 3.63) is 0 Å². The quantitative estimate of drug-likeness (QED) is 0.614. The van der Waals surface area contributed by atoms with Crippen molar-refractivity contribution in [2.24, 2.45) is 0 Å². The van der Waals surface area contributed by atoms with Gasteiger partial charge in [-0.2, -0.15) is 0 Å². The molecule has 0 radical (unpaired) electrons. The van der Waals surface area contributed by atoms with Gasteiger partial charge in [0.2, 0.25) is 5.91 Å². The average molecular weight is 457 g/mol. The molecule has 0 unspecified atom stereocenters. The number of imide groups is 1. The molecule has 2 amide bonds. The van der Waals surface area contributed by atoms with Gasteiger partial charge in [0, 0.05) is 13.3 Å². The standard InChI is InChI=1S/C21H31NO10/c1-9-14-11(22(10(2)23)19(24)28-14)7-13(26-9)25-8-12-15-16(30-20(3,4)29-15)17-18(27-12)32-21(5,6)31-17/h9,11-18H,7-8H2,1-6H3/t9-,11+,12+,13-,14-,15-,16-,17+,18+/m0/s1. The summed E-state index contributed by atoms with van der Waals surface area (Å²) in [7, 11) is 0.